The van der Waals surface area contributed by atoms with Crippen molar-refractivity contribution in [2.75, 3.05) is 26.2 Å². The van der Waals surface area contributed by atoms with Crippen LogP contribution in [0.3, 0.4) is 0 Å². The molecule has 1 saturated heterocycles. The fourth-order valence-corrected chi connectivity index (χ4v) is 2.55. The molecule has 2 unspecified atom stereocenters. The van der Waals surface area contributed by atoms with Gasteiger partial charge in [-0.25, -0.2) is 4.79 Å². The highest BCUT2D eigenvalue weighted by atomic mass is 16.6. The zero-order valence-corrected chi connectivity index (χ0v) is 10.1. The van der Waals surface area contributed by atoms with Gasteiger partial charge in [0.15, 0.2) is 0 Å². The molecule has 2 fully saturated rings. The zero-order chi connectivity index (χ0) is 11.4. The second kappa shape index (κ2) is 5.53. The van der Waals surface area contributed by atoms with Crippen LogP contribution in [0.2, 0.25) is 0 Å². The summed E-state index contributed by atoms with van der Waals surface area (Å²) in [6.07, 6.45) is 4.61. The average molecular weight is 226 g/mol. The van der Waals surface area contributed by atoms with E-state index >= 15 is 0 Å². The van der Waals surface area contributed by atoms with Crippen LogP contribution < -0.4 is 5.32 Å². The maximum atomic E-state index is 11.8. The number of piperazine rings is 1. The van der Waals surface area contributed by atoms with E-state index in [0.29, 0.717) is 5.92 Å². The maximum absolute atomic E-state index is 11.8. The van der Waals surface area contributed by atoms with E-state index in [1.807, 2.05) is 4.90 Å². The smallest absolute Gasteiger partial charge is 0.410 e. The molecule has 16 heavy (non-hydrogen) atoms. The third kappa shape index (κ3) is 3.11. The Morgan fingerprint density at radius 1 is 1.31 bits per heavy atom. The molecule has 1 aliphatic heterocycles. The van der Waals surface area contributed by atoms with Crippen LogP contribution in [0.4, 0.5) is 4.79 Å². The SMILES string of the molecule is CC1CCCC(OC(=O)N2CCNCC2)C1. The molecular formula is C12H22N2O2. The largest absolute Gasteiger partial charge is 0.446 e. The van der Waals surface area contributed by atoms with E-state index in [1.165, 1.54) is 12.8 Å². The molecule has 0 bridgehead atoms. The van der Waals surface area contributed by atoms with Crippen molar-refractivity contribution in [3.05, 3.63) is 0 Å². The van der Waals surface area contributed by atoms with Gasteiger partial charge in [-0.05, 0) is 25.2 Å². The molecule has 1 heterocycles. The van der Waals surface area contributed by atoms with Gasteiger partial charge in [0.1, 0.15) is 6.10 Å². The summed E-state index contributed by atoms with van der Waals surface area (Å²) in [5.74, 6) is 0.703. The zero-order valence-electron chi connectivity index (χ0n) is 10.1. The van der Waals surface area contributed by atoms with Gasteiger partial charge in [-0.2, -0.15) is 0 Å². The third-order valence-corrected chi connectivity index (χ3v) is 3.53. The third-order valence-electron chi connectivity index (χ3n) is 3.53. The van der Waals surface area contributed by atoms with Gasteiger partial charge in [-0.15, -0.1) is 0 Å². The average Bonchev–Trinajstić information content (AvgIpc) is 2.30. The van der Waals surface area contributed by atoms with E-state index in [4.69, 9.17) is 4.74 Å². The molecule has 0 radical (unpaired) electrons. The topological polar surface area (TPSA) is 41.6 Å². The summed E-state index contributed by atoms with van der Waals surface area (Å²) >= 11 is 0. The summed E-state index contributed by atoms with van der Waals surface area (Å²) in [6, 6.07) is 0. The minimum absolute atomic E-state index is 0.111. The van der Waals surface area contributed by atoms with Gasteiger partial charge < -0.3 is 15.0 Å². The van der Waals surface area contributed by atoms with Crippen LogP contribution in [-0.4, -0.2) is 43.3 Å². The lowest BCUT2D eigenvalue weighted by molar-refractivity contribution is 0.0339. The van der Waals surface area contributed by atoms with E-state index in [9.17, 15) is 4.79 Å². The number of hydrogen-bond donors (Lipinski definition) is 1. The van der Waals surface area contributed by atoms with E-state index in [0.717, 1.165) is 39.0 Å². The van der Waals surface area contributed by atoms with Crippen LogP contribution in [0.15, 0.2) is 0 Å². The maximum Gasteiger partial charge on any atom is 0.410 e. The molecule has 0 aromatic rings. The minimum atomic E-state index is -0.111. The molecule has 0 aromatic carbocycles. The van der Waals surface area contributed by atoms with E-state index in [1.54, 1.807) is 0 Å². The molecule has 2 rings (SSSR count). The van der Waals surface area contributed by atoms with Gasteiger partial charge in [-0.1, -0.05) is 13.3 Å². The molecule has 1 saturated carbocycles. The first-order valence-electron chi connectivity index (χ1n) is 6.42. The van der Waals surface area contributed by atoms with Crippen LogP contribution in [-0.2, 0) is 4.74 Å². The van der Waals surface area contributed by atoms with Crippen molar-refractivity contribution < 1.29 is 9.53 Å². The molecule has 1 amide bonds. The fraction of sp³-hybridized carbons (Fsp3) is 0.917. The van der Waals surface area contributed by atoms with Crippen LogP contribution in [0.1, 0.15) is 32.6 Å². The van der Waals surface area contributed by atoms with Crippen molar-refractivity contribution in [3.63, 3.8) is 0 Å². The Bertz CT molecular complexity index is 239. The first kappa shape index (κ1) is 11.7. The number of hydrogen-bond acceptors (Lipinski definition) is 3. The number of nitrogens with zero attached hydrogens (tertiary/aromatic N) is 1. The second-order valence-electron chi connectivity index (χ2n) is 5.01. The summed E-state index contributed by atoms with van der Waals surface area (Å²) in [7, 11) is 0. The molecule has 1 aliphatic carbocycles. The van der Waals surface area contributed by atoms with Crippen molar-refractivity contribution in [1.29, 1.82) is 0 Å². The van der Waals surface area contributed by atoms with Crippen LogP contribution in [0, 0.1) is 5.92 Å². The Balaban J connectivity index is 1.77. The Kier molecular flexibility index (Phi) is 4.04. The van der Waals surface area contributed by atoms with Crippen molar-refractivity contribution in [2.45, 2.75) is 38.7 Å². The Morgan fingerprint density at radius 2 is 2.06 bits per heavy atom. The standard InChI is InChI=1S/C12H22N2O2/c1-10-3-2-4-11(9-10)16-12(15)14-7-5-13-6-8-14/h10-11,13H,2-9H2,1H3. The lowest BCUT2D eigenvalue weighted by Gasteiger charge is -2.31. The molecule has 4 heteroatoms. The van der Waals surface area contributed by atoms with Crippen LogP contribution in [0.25, 0.3) is 0 Å². The first-order chi connectivity index (χ1) is 7.75. The number of ether oxygens (including phenoxy) is 1. The Hall–Kier alpha value is -0.770. The lowest BCUT2D eigenvalue weighted by Crippen LogP contribution is -2.47. The molecular weight excluding hydrogens is 204 g/mol. The van der Waals surface area contributed by atoms with Gasteiger partial charge in [0.2, 0.25) is 0 Å². The summed E-state index contributed by atoms with van der Waals surface area (Å²) in [5, 5.41) is 3.23. The summed E-state index contributed by atoms with van der Waals surface area (Å²) in [4.78, 5) is 13.7. The van der Waals surface area contributed by atoms with Crippen molar-refractivity contribution in [1.82, 2.24) is 10.2 Å². The van der Waals surface area contributed by atoms with E-state index in [-0.39, 0.29) is 12.2 Å². The van der Waals surface area contributed by atoms with Gasteiger partial charge in [-0.3, -0.25) is 0 Å². The normalized spacial score (nSPS) is 31.2. The molecule has 2 aliphatic rings. The lowest BCUT2D eigenvalue weighted by atomic mass is 9.89. The highest BCUT2D eigenvalue weighted by Crippen LogP contribution is 2.26. The van der Waals surface area contributed by atoms with Gasteiger partial charge in [0.05, 0.1) is 0 Å². The molecule has 92 valence electrons. The minimum Gasteiger partial charge on any atom is -0.446 e. The van der Waals surface area contributed by atoms with Crippen LogP contribution in [0.5, 0.6) is 0 Å². The van der Waals surface area contributed by atoms with Crippen molar-refractivity contribution in [2.24, 2.45) is 5.92 Å². The molecule has 1 N–H and O–H groups in total. The van der Waals surface area contributed by atoms with Crippen LogP contribution >= 0.6 is 0 Å². The highest BCUT2D eigenvalue weighted by molar-refractivity contribution is 5.68. The quantitative estimate of drug-likeness (QED) is 0.738. The Labute approximate surface area is 97.3 Å². The summed E-state index contributed by atoms with van der Waals surface area (Å²) in [6.45, 7) is 5.57. The number of rotatable bonds is 1. The monoisotopic (exact) mass is 226 g/mol. The number of carbonyl (C=O) groups excluding carboxylic acids is 1. The van der Waals surface area contributed by atoms with Gasteiger partial charge in [0.25, 0.3) is 0 Å². The summed E-state index contributed by atoms with van der Waals surface area (Å²) in [5.41, 5.74) is 0. The number of amides is 1. The number of carbonyl (C=O) groups is 1. The van der Waals surface area contributed by atoms with Crippen molar-refractivity contribution in [3.8, 4) is 0 Å². The predicted octanol–water partition coefficient (Wildman–Crippen LogP) is 1.61. The molecule has 2 atom stereocenters. The number of nitrogens with one attached hydrogen (secondary N) is 1. The van der Waals surface area contributed by atoms with E-state index < -0.39 is 0 Å². The summed E-state index contributed by atoms with van der Waals surface area (Å²) < 4.78 is 5.56. The molecule has 0 spiro atoms. The highest BCUT2D eigenvalue weighted by Gasteiger charge is 2.25. The fourth-order valence-electron chi connectivity index (χ4n) is 2.55. The predicted molar refractivity (Wildman–Crippen MR) is 62.3 cm³/mol. The molecule has 4 nitrogen and oxygen atoms in total. The first-order valence-corrected chi connectivity index (χ1v) is 6.42. The Morgan fingerprint density at radius 3 is 2.75 bits per heavy atom. The van der Waals surface area contributed by atoms with Gasteiger partial charge >= 0.3 is 6.09 Å². The van der Waals surface area contributed by atoms with Crippen molar-refractivity contribution >= 4 is 6.09 Å². The molecule has 0 aromatic heterocycles. The van der Waals surface area contributed by atoms with E-state index in [2.05, 4.69) is 12.2 Å². The second-order valence-corrected chi connectivity index (χ2v) is 5.01. The van der Waals surface area contributed by atoms with Gasteiger partial charge in [0, 0.05) is 26.2 Å².